The molecular weight excluding hydrogens is 422 g/mol. The van der Waals surface area contributed by atoms with E-state index in [1.807, 2.05) is 18.2 Å². The van der Waals surface area contributed by atoms with Crippen molar-refractivity contribution in [3.63, 3.8) is 0 Å². The SMILES string of the molecule is COCCn1c(SCC(=O)NCCCc2ccccc2)nc2cc(Cl)ccc2c1=O. The highest BCUT2D eigenvalue weighted by atomic mass is 35.5. The normalized spacial score (nSPS) is 11.0. The average Bonchev–Trinajstić information content (AvgIpc) is 2.75. The van der Waals surface area contributed by atoms with Gasteiger partial charge < -0.3 is 10.1 Å². The van der Waals surface area contributed by atoms with Crippen LogP contribution in [0.4, 0.5) is 0 Å². The van der Waals surface area contributed by atoms with E-state index in [4.69, 9.17) is 16.3 Å². The summed E-state index contributed by atoms with van der Waals surface area (Å²) in [5.41, 5.74) is 1.61. The maximum atomic E-state index is 12.9. The number of hydrogen-bond acceptors (Lipinski definition) is 5. The van der Waals surface area contributed by atoms with Crippen molar-refractivity contribution in [2.24, 2.45) is 0 Å². The van der Waals surface area contributed by atoms with Gasteiger partial charge in [0.25, 0.3) is 5.56 Å². The van der Waals surface area contributed by atoms with Gasteiger partial charge in [-0.15, -0.1) is 0 Å². The summed E-state index contributed by atoms with van der Waals surface area (Å²) < 4.78 is 6.67. The number of halogens is 1. The molecule has 0 aliphatic heterocycles. The summed E-state index contributed by atoms with van der Waals surface area (Å²) in [6.07, 6.45) is 1.78. The molecule has 1 amide bonds. The number of ether oxygens (including phenoxy) is 1. The summed E-state index contributed by atoms with van der Waals surface area (Å²) in [7, 11) is 1.58. The van der Waals surface area contributed by atoms with Crippen LogP contribution in [-0.2, 0) is 22.5 Å². The van der Waals surface area contributed by atoms with Gasteiger partial charge in [-0.2, -0.15) is 0 Å². The first-order valence-electron chi connectivity index (χ1n) is 9.71. The molecule has 3 rings (SSSR count). The largest absolute Gasteiger partial charge is 0.383 e. The molecule has 0 aliphatic carbocycles. The van der Waals surface area contributed by atoms with E-state index in [0.29, 0.717) is 40.8 Å². The van der Waals surface area contributed by atoms with Crippen molar-refractivity contribution in [2.75, 3.05) is 26.0 Å². The minimum absolute atomic E-state index is 0.0909. The van der Waals surface area contributed by atoms with Crippen LogP contribution in [0.25, 0.3) is 10.9 Å². The molecule has 0 unspecified atom stereocenters. The fourth-order valence-corrected chi connectivity index (χ4v) is 4.03. The van der Waals surface area contributed by atoms with Gasteiger partial charge in [0.1, 0.15) is 0 Å². The lowest BCUT2D eigenvalue weighted by molar-refractivity contribution is -0.118. The Kier molecular flexibility index (Phi) is 8.30. The number of thioether (sulfide) groups is 1. The van der Waals surface area contributed by atoms with Gasteiger partial charge >= 0.3 is 0 Å². The monoisotopic (exact) mass is 445 g/mol. The van der Waals surface area contributed by atoms with Crippen LogP contribution in [-0.4, -0.2) is 41.5 Å². The number of methoxy groups -OCH3 is 1. The van der Waals surface area contributed by atoms with Crippen molar-refractivity contribution in [3.8, 4) is 0 Å². The number of benzene rings is 2. The number of aromatic nitrogens is 2. The van der Waals surface area contributed by atoms with Gasteiger partial charge in [0.05, 0.1) is 29.8 Å². The first-order chi connectivity index (χ1) is 14.6. The van der Waals surface area contributed by atoms with Gasteiger partial charge in [0.2, 0.25) is 5.91 Å². The molecular formula is C22H24ClN3O3S. The first kappa shape index (κ1) is 22.3. The van der Waals surface area contributed by atoms with Crippen molar-refractivity contribution in [2.45, 2.75) is 24.5 Å². The van der Waals surface area contributed by atoms with E-state index in [-0.39, 0.29) is 17.2 Å². The third-order valence-corrected chi connectivity index (χ3v) is 5.75. The third-order valence-electron chi connectivity index (χ3n) is 4.54. The molecule has 0 bridgehead atoms. The fraction of sp³-hybridized carbons (Fsp3) is 0.318. The summed E-state index contributed by atoms with van der Waals surface area (Å²) in [5, 5.41) is 4.41. The van der Waals surface area contributed by atoms with E-state index < -0.39 is 0 Å². The van der Waals surface area contributed by atoms with Crippen LogP contribution >= 0.6 is 23.4 Å². The zero-order valence-electron chi connectivity index (χ0n) is 16.8. The Morgan fingerprint density at radius 1 is 1.23 bits per heavy atom. The predicted molar refractivity (Wildman–Crippen MR) is 121 cm³/mol. The molecule has 0 saturated heterocycles. The van der Waals surface area contributed by atoms with Gasteiger partial charge in [-0.05, 0) is 36.6 Å². The second-order valence-corrected chi connectivity index (χ2v) is 8.11. The minimum Gasteiger partial charge on any atom is -0.383 e. The quantitative estimate of drug-likeness (QED) is 0.293. The molecule has 0 fully saturated rings. The molecule has 2 aromatic carbocycles. The second-order valence-electron chi connectivity index (χ2n) is 6.73. The first-order valence-corrected chi connectivity index (χ1v) is 11.1. The molecule has 6 nitrogen and oxygen atoms in total. The van der Waals surface area contributed by atoms with Crippen molar-refractivity contribution < 1.29 is 9.53 Å². The molecule has 158 valence electrons. The lowest BCUT2D eigenvalue weighted by Crippen LogP contribution is -2.28. The highest BCUT2D eigenvalue weighted by Gasteiger charge is 2.13. The van der Waals surface area contributed by atoms with Gasteiger partial charge in [0, 0.05) is 18.7 Å². The van der Waals surface area contributed by atoms with E-state index in [1.165, 1.54) is 17.3 Å². The van der Waals surface area contributed by atoms with Crippen LogP contribution in [0.15, 0.2) is 58.5 Å². The molecule has 0 spiro atoms. The van der Waals surface area contributed by atoms with E-state index >= 15 is 0 Å². The summed E-state index contributed by atoms with van der Waals surface area (Å²) >= 11 is 7.29. The minimum atomic E-state index is -0.167. The zero-order valence-corrected chi connectivity index (χ0v) is 18.3. The van der Waals surface area contributed by atoms with Crippen molar-refractivity contribution in [1.29, 1.82) is 0 Å². The van der Waals surface area contributed by atoms with Crippen molar-refractivity contribution in [1.82, 2.24) is 14.9 Å². The van der Waals surface area contributed by atoms with Crippen LogP contribution in [0.2, 0.25) is 5.02 Å². The fourth-order valence-electron chi connectivity index (χ4n) is 3.01. The number of carbonyl (C=O) groups excluding carboxylic acids is 1. The molecule has 8 heteroatoms. The van der Waals surface area contributed by atoms with E-state index in [0.717, 1.165) is 12.8 Å². The zero-order chi connectivity index (χ0) is 21.3. The number of fused-ring (bicyclic) bond motifs is 1. The molecule has 0 saturated carbocycles. The van der Waals surface area contributed by atoms with E-state index in [2.05, 4.69) is 22.4 Å². The number of nitrogens with zero attached hydrogens (tertiary/aromatic N) is 2. The van der Waals surface area contributed by atoms with Crippen LogP contribution in [0, 0.1) is 0 Å². The standard InChI is InChI=1S/C22H24ClN3O3S/c1-29-13-12-26-21(28)18-10-9-17(23)14-19(18)25-22(26)30-15-20(27)24-11-5-8-16-6-3-2-4-7-16/h2-4,6-7,9-10,14H,5,8,11-13,15H2,1H3,(H,24,27). The Labute approximate surface area is 184 Å². The van der Waals surface area contributed by atoms with Crippen LogP contribution in [0.3, 0.4) is 0 Å². The third kappa shape index (κ3) is 6.08. The lowest BCUT2D eigenvalue weighted by atomic mass is 10.1. The van der Waals surface area contributed by atoms with E-state index in [1.54, 1.807) is 29.9 Å². The number of aryl methyl sites for hydroxylation is 1. The van der Waals surface area contributed by atoms with E-state index in [9.17, 15) is 9.59 Å². The summed E-state index contributed by atoms with van der Waals surface area (Å²) in [4.78, 5) is 29.7. The Hall–Kier alpha value is -2.35. The molecule has 1 heterocycles. The predicted octanol–water partition coefficient (Wildman–Crippen LogP) is 3.54. The van der Waals surface area contributed by atoms with Gasteiger partial charge in [-0.3, -0.25) is 14.2 Å². The van der Waals surface area contributed by atoms with Crippen LogP contribution < -0.4 is 10.9 Å². The second kappa shape index (κ2) is 11.2. The summed E-state index contributed by atoms with van der Waals surface area (Å²) in [6, 6.07) is 15.2. The maximum absolute atomic E-state index is 12.9. The number of rotatable bonds is 10. The highest BCUT2D eigenvalue weighted by Crippen LogP contribution is 2.20. The molecule has 1 N–H and O–H groups in total. The number of hydrogen-bond donors (Lipinski definition) is 1. The smallest absolute Gasteiger partial charge is 0.262 e. The van der Waals surface area contributed by atoms with Crippen LogP contribution in [0.5, 0.6) is 0 Å². The summed E-state index contributed by atoms with van der Waals surface area (Å²) in [6.45, 7) is 1.34. The average molecular weight is 446 g/mol. The van der Waals surface area contributed by atoms with Crippen molar-refractivity contribution in [3.05, 3.63) is 69.5 Å². The molecule has 0 radical (unpaired) electrons. The van der Waals surface area contributed by atoms with Gasteiger partial charge in [0.15, 0.2) is 5.16 Å². The number of amides is 1. The molecule has 0 aliphatic rings. The van der Waals surface area contributed by atoms with Gasteiger partial charge in [-0.1, -0.05) is 53.7 Å². The number of nitrogens with one attached hydrogen (secondary N) is 1. The Morgan fingerprint density at radius 3 is 2.80 bits per heavy atom. The van der Waals surface area contributed by atoms with Gasteiger partial charge in [-0.25, -0.2) is 4.98 Å². The molecule has 0 atom stereocenters. The Balaban J connectivity index is 1.62. The Morgan fingerprint density at radius 2 is 2.03 bits per heavy atom. The maximum Gasteiger partial charge on any atom is 0.262 e. The molecule has 1 aromatic heterocycles. The highest BCUT2D eigenvalue weighted by molar-refractivity contribution is 7.99. The Bertz CT molecular complexity index is 1060. The summed E-state index contributed by atoms with van der Waals surface area (Å²) in [5.74, 6) is 0.0865. The molecule has 30 heavy (non-hydrogen) atoms. The van der Waals surface area contributed by atoms with Crippen molar-refractivity contribution >= 4 is 40.2 Å². The molecule has 3 aromatic rings. The topological polar surface area (TPSA) is 73.2 Å². The number of carbonyl (C=O) groups is 1. The van der Waals surface area contributed by atoms with Crippen LogP contribution in [0.1, 0.15) is 12.0 Å². The lowest BCUT2D eigenvalue weighted by Gasteiger charge is -2.13.